The number of aromatic nitrogens is 3. The second-order valence-corrected chi connectivity index (χ2v) is 13.6. The fraction of sp³-hybridized carbons (Fsp3) is 0.579. The average Bonchev–Trinajstić information content (AvgIpc) is 3.14. The van der Waals surface area contributed by atoms with E-state index in [1.54, 1.807) is 16.8 Å². The largest absolute Gasteiger partial charge is 0.410 e. The summed E-state index contributed by atoms with van der Waals surface area (Å²) in [6, 6.07) is 1.72. The summed E-state index contributed by atoms with van der Waals surface area (Å²) in [6.45, 7) is 7.44. The Morgan fingerprint density at radius 3 is 2.82 bits per heavy atom. The number of aliphatic hydroxyl groups is 1. The lowest BCUT2D eigenvalue weighted by Gasteiger charge is -2.41. The van der Waals surface area contributed by atoms with E-state index in [1.165, 1.54) is 0 Å². The Bertz CT molecular complexity index is 1010. The molecule has 0 spiro atoms. The van der Waals surface area contributed by atoms with Gasteiger partial charge in [-0.1, -0.05) is 26.7 Å². The SMILES string of the molecule is [2H]C([2H])(O)[C@@]1(C#C)O[C@@H](n2ccc3c(N)nc(Cl)nc32)C[C@@H]1O[Si](C)(C)C(C)(C)C. The molecule has 0 amide bonds. The smallest absolute Gasteiger partial charge is 0.226 e. The van der Waals surface area contributed by atoms with Gasteiger partial charge in [-0.2, -0.15) is 4.98 Å². The summed E-state index contributed by atoms with van der Waals surface area (Å²) < 4.78 is 30.2. The number of hydrogen-bond acceptors (Lipinski definition) is 6. The number of terminal acetylenes is 1. The van der Waals surface area contributed by atoms with Crippen LogP contribution in [-0.4, -0.2) is 46.2 Å². The summed E-state index contributed by atoms with van der Waals surface area (Å²) in [7, 11) is -2.37. The highest BCUT2D eigenvalue weighted by molar-refractivity contribution is 6.74. The number of nitrogens with zero attached hydrogens (tertiary/aromatic N) is 3. The molecule has 0 radical (unpaired) electrons. The van der Waals surface area contributed by atoms with Crippen LogP contribution in [-0.2, 0) is 9.16 Å². The van der Waals surface area contributed by atoms with E-state index in [0.29, 0.717) is 11.0 Å². The first-order chi connectivity index (χ1) is 13.6. The average molecular weight is 425 g/mol. The minimum absolute atomic E-state index is 0.0206. The molecule has 1 aliphatic heterocycles. The van der Waals surface area contributed by atoms with E-state index in [0.717, 1.165) is 0 Å². The molecular weight excluding hydrogens is 396 g/mol. The molecule has 1 aliphatic rings. The monoisotopic (exact) mass is 424 g/mol. The third-order valence-electron chi connectivity index (χ3n) is 5.70. The van der Waals surface area contributed by atoms with Crippen LogP contribution in [0.2, 0.25) is 23.4 Å². The maximum Gasteiger partial charge on any atom is 0.226 e. The number of nitrogen functional groups attached to an aromatic ring is 1. The molecule has 3 N–H and O–H groups in total. The van der Waals surface area contributed by atoms with E-state index in [1.807, 2.05) is 13.1 Å². The molecule has 1 fully saturated rings. The molecule has 0 aliphatic carbocycles. The Balaban J connectivity index is 2.08. The number of hydrogen-bond donors (Lipinski definition) is 2. The van der Waals surface area contributed by atoms with Crippen LogP contribution in [0.4, 0.5) is 5.82 Å². The first-order valence-corrected chi connectivity index (χ1v) is 12.3. The Kier molecular flexibility index (Phi) is 4.60. The van der Waals surface area contributed by atoms with Gasteiger partial charge in [0, 0.05) is 12.6 Å². The van der Waals surface area contributed by atoms with Gasteiger partial charge in [0.1, 0.15) is 17.7 Å². The molecule has 1 saturated heterocycles. The molecule has 152 valence electrons. The van der Waals surface area contributed by atoms with Crippen molar-refractivity contribution in [3.05, 3.63) is 17.5 Å². The van der Waals surface area contributed by atoms with Crippen molar-refractivity contribution in [2.45, 2.75) is 63.3 Å². The van der Waals surface area contributed by atoms with Crippen molar-refractivity contribution in [3.63, 3.8) is 0 Å². The first-order valence-electron chi connectivity index (χ1n) is 9.98. The number of nitrogens with two attached hydrogens (primary N) is 1. The van der Waals surface area contributed by atoms with Crippen molar-refractivity contribution in [3.8, 4) is 12.3 Å². The zero-order valence-corrected chi connectivity index (χ0v) is 18.4. The molecule has 3 heterocycles. The third-order valence-corrected chi connectivity index (χ3v) is 10.4. The molecule has 0 aromatic carbocycles. The van der Waals surface area contributed by atoms with Crippen LogP contribution in [0.1, 0.15) is 36.2 Å². The van der Waals surface area contributed by atoms with Crippen molar-refractivity contribution < 1.29 is 17.0 Å². The lowest BCUT2D eigenvalue weighted by Crippen LogP contribution is -2.51. The van der Waals surface area contributed by atoms with Crippen molar-refractivity contribution in [2.75, 3.05) is 12.3 Å². The lowest BCUT2D eigenvalue weighted by atomic mass is 9.99. The molecular formula is C19H27ClN4O3Si. The summed E-state index contributed by atoms with van der Waals surface area (Å²) in [6.07, 6.45) is 6.01. The summed E-state index contributed by atoms with van der Waals surface area (Å²) >= 11 is 5.97. The summed E-state index contributed by atoms with van der Waals surface area (Å²) in [5, 5.41) is 10.8. The topological polar surface area (TPSA) is 95.4 Å². The van der Waals surface area contributed by atoms with Gasteiger partial charge >= 0.3 is 0 Å². The summed E-state index contributed by atoms with van der Waals surface area (Å²) in [5.74, 6) is 2.58. The van der Waals surface area contributed by atoms with Crippen LogP contribution in [0.3, 0.4) is 0 Å². The highest BCUT2D eigenvalue weighted by Gasteiger charge is 2.52. The fourth-order valence-electron chi connectivity index (χ4n) is 3.04. The predicted octanol–water partition coefficient (Wildman–Crippen LogP) is 3.34. The molecule has 9 heteroatoms. The van der Waals surface area contributed by atoms with Crippen molar-refractivity contribution in [2.24, 2.45) is 0 Å². The van der Waals surface area contributed by atoms with Crippen molar-refractivity contribution in [1.82, 2.24) is 14.5 Å². The molecule has 7 nitrogen and oxygen atoms in total. The summed E-state index contributed by atoms with van der Waals surface area (Å²) in [4.78, 5) is 8.18. The zero-order chi connectivity index (χ0) is 22.7. The van der Waals surface area contributed by atoms with Crippen LogP contribution in [0.5, 0.6) is 0 Å². The first kappa shape index (κ1) is 18.4. The van der Waals surface area contributed by atoms with E-state index in [-0.39, 0.29) is 22.6 Å². The number of fused-ring (bicyclic) bond motifs is 1. The van der Waals surface area contributed by atoms with Crippen LogP contribution in [0.15, 0.2) is 12.3 Å². The van der Waals surface area contributed by atoms with E-state index < -0.39 is 32.8 Å². The Labute approximate surface area is 174 Å². The number of rotatable bonds is 4. The van der Waals surface area contributed by atoms with E-state index in [2.05, 4.69) is 36.7 Å². The van der Waals surface area contributed by atoms with Crippen LogP contribution in [0, 0.1) is 12.3 Å². The number of halogens is 1. The molecule has 0 bridgehead atoms. The van der Waals surface area contributed by atoms with Gasteiger partial charge in [-0.25, -0.2) is 4.98 Å². The lowest BCUT2D eigenvalue weighted by molar-refractivity contribution is -0.0865. The van der Waals surface area contributed by atoms with Gasteiger partial charge in [0.2, 0.25) is 5.28 Å². The highest BCUT2D eigenvalue weighted by Crippen LogP contribution is 2.45. The fourth-order valence-corrected chi connectivity index (χ4v) is 4.54. The van der Waals surface area contributed by atoms with Crippen LogP contribution in [0.25, 0.3) is 11.0 Å². The van der Waals surface area contributed by atoms with Crippen molar-refractivity contribution >= 4 is 36.8 Å². The normalized spacial score (nSPS) is 27.5. The van der Waals surface area contributed by atoms with Gasteiger partial charge in [-0.15, -0.1) is 6.42 Å². The van der Waals surface area contributed by atoms with Gasteiger partial charge in [0.25, 0.3) is 0 Å². The molecule has 28 heavy (non-hydrogen) atoms. The van der Waals surface area contributed by atoms with E-state index in [4.69, 9.17) is 35.7 Å². The Morgan fingerprint density at radius 1 is 1.57 bits per heavy atom. The number of anilines is 1. The molecule has 0 saturated carbocycles. The maximum absolute atomic E-state index is 10.4. The zero-order valence-electron chi connectivity index (χ0n) is 18.7. The van der Waals surface area contributed by atoms with E-state index in [9.17, 15) is 5.11 Å². The van der Waals surface area contributed by atoms with Gasteiger partial charge in [0.15, 0.2) is 13.9 Å². The van der Waals surface area contributed by atoms with E-state index >= 15 is 0 Å². The minimum Gasteiger partial charge on any atom is -0.410 e. The standard InChI is InChI=1S/C19H27ClN4O3Si/c1-7-19(11-25)13(27-28(5,6)18(2,3)4)10-14(26-19)24-9-8-12-15(21)22-17(20)23-16(12)24/h1,8-9,13-14,25H,10-11H2,2-6H3,(H2,21,22,23)/t13-,14+,19+/m0/s1/i11D2. The van der Waals surface area contributed by atoms with Gasteiger partial charge < -0.3 is 24.6 Å². The van der Waals surface area contributed by atoms with Crippen LogP contribution >= 0.6 is 11.6 Å². The third kappa shape index (κ3) is 3.42. The quantitative estimate of drug-likeness (QED) is 0.444. The molecule has 2 aromatic rings. The van der Waals surface area contributed by atoms with Gasteiger partial charge in [-0.05, 0) is 35.8 Å². The Morgan fingerprint density at radius 2 is 2.25 bits per heavy atom. The second-order valence-electron chi connectivity index (χ2n) is 8.50. The molecule has 0 unspecified atom stereocenters. The molecule has 2 aromatic heterocycles. The maximum atomic E-state index is 10.4. The minimum atomic E-state index is -2.84. The molecule has 3 rings (SSSR count). The van der Waals surface area contributed by atoms with Crippen molar-refractivity contribution in [1.29, 1.82) is 0 Å². The number of ether oxygens (including phenoxy) is 1. The van der Waals surface area contributed by atoms with Crippen LogP contribution < -0.4 is 5.73 Å². The van der Waals surface area contributed by atoms with Gasteiger partial charge in [0.05, 0.1) is 20.8 Å². The summed E-state index contributed by atoms with van der Waals surface area (Å²) in [5.41, 5.74) is 4.37. The molecule has 3 atom stereocenters. The highest BCUT2D eigenvalue weighted by atomic mass is 35.5. The van der Waals surface area contributed by atoms with Gasteiger partial charge in [-0.3, -0.25) is 0 Å². The second kappa shape index (κ2) is 7.01. The predicted molar refractivity (Wildman–Crippen MR) is 112 cm³/mol. The Hall–Kier alpha value is -1.63.